The summed E-state index contributed by atoms with van der Waals surface area (Å²) >= 11 is 1.79. The first-order valence-corrected chi connectivity index (χ1v) is 9.44. The van der Waals surface area contributed by atoms with Crippen molar-refractivity contribution in [1.29, 1.82) is 0 Å². The molecule has 1 saturated heterocycles. The van der Waals surface area contributed by atoms with E-state index in [1.165, 1.54) is 55.9 Å². The van der Waals surface area contributed by atoms with Crippen molar-refractivity contribution in [3.05, 3.63) is 16.1 Å². The molecular formula is C17H31N3S. The monoisotopic (exact) mass is 309 g/mol. The Labute approximate surface area is 134 Å². The lowest BCUT2D eigenvalue weighted by molar-refractivity contribution is 0.268. The average Bonchev–Trinajstić information content (AvgIpc) is 2.78. The first kappa shape index (κ1) is 16.9. The second kappa shape index (κ2) is 8.86. The molecule has 1 aromatic rings. The molecule has 120 valence electrons. The first-order chi connectivity index (χ1) is 10.2. The van der Waals surface area contributed by atoms with E-state index in [1.54, 1.807) is 11.3 Å². The molecule has 3 nitrogen and oxygen atoms in total. The van der Waals surface area contributed by atoms with E-state index in [0.29, 0.717) is 6.04 Å². The van der Waals surface area contributed by atoms with Crippen molar-refractivity contribution in [2.45, 2.75) is 72.0 Å². The van der Waals surface area contributed by atoms with E-state index in [-0.39, 0.29) is 0 Å². The van der Waals surface area contributed by atoms with Crippen molar-refractivity contribution < 1.29 is 0 Å². The topological polar surface area (TPSA) is 28.2 Å². The Balaban J connectivity index is 1.78. The molecule has 0 spiro atoms. The molecular weight excluding hydrogens is 278 g/mol. The molecule has 0 aromatic carbocycles. The third-order valence-electron chi connectivity index (χ3n) is 4.28. The van der Waals surface area contributed by atoms with Gasteiger partial charge in [0.25, 0.3) is 0 Å². The molecule has 0 amide bonds. The Bertz CT molecular complexity index is 402. The maximum absolute atomic E-state index is 4.78. The lowest BCUT2D eigenvalue weighted by Crippen LogP contribution is -2.24. The Morgan fingerprint density at radius 2 is 2.24 bits per heavy atom. The van der Waals surface area contributed by atoms with Crippen LogP contribution in [0, 0.1) is 5.92 Å². The van der Waals surface area contributed by atoms with Gasteiger partial charge in [-0.15, -0.1) is 11.3 Å². The molecule has 1 atom stereocenters. The molecule has 1 aliphatic rings. The van der Waals surface area contributed by atoms with Crippen LogP contribution in [0.2, 0.25) is 0 Å². The molecule has 0 bridgehead atoms. The van der Waals surface area contributed by atoms with Crippen LogP contribution in [0.15, 0.2) is 5.38 Å². The minimum Gasteiger partial charge on any atom is -0.308 e. The molecule has 1 unspecified atom stereocenters. The third-order valence-corrected chi connectivity index (χ3v) is 5.18. The van der Waals surface area contributed by atoms with E-state index in [1.807, 2.05) is 0 Å². The van der Waals surface area contributed by atoms with E-state index < -0.39 is 0 Å². The summed E-state index contributed by atoms with van der Waals surface area (Å²) in [5.41, 5.74) is 1.26. The summed E-state index contributed by atoms with van der Waals surface area (Å²) in [6.07, 6.45) is 6.90. The summed E-state index contributed by atoms with van der Waals surface area (Å²) in [5, 5.41) is 6.90. The highest BCUT2D eigenvalue weighted by atomic mass is 32.1. The molecule has 21 heavy (non-hydrogen) atoms. The third kappa shape index (κ3) is 6.05. The molecule has 1 aliphatic heterocycles. The van der Waals surface area contributed by atoms with Gasteiger partial charge < -0.3 is 5.32 Å². The van der Waals surface area contributed by atoms with Crippen LogP contribution in [0.25, 0.3) is 0 Å². The Kier molecular flexibility index (Phi) is 7.14. The van der Waals surface area contributed by atoms with Gasteiger partial charge in [-0.2, -0.15) is 0 Å². The van der Waals surface area contributed by atoms with Gasteiger partial charge in [0, 0.05) is 24.5 Å². The lowest BCUT2D eigenvalue weighted by Gasteiger charge is -2.18. The van der Waals surface area contributed by atoms with Crippen molar-refractivity contribution in [2.24, 2.45) is 5.92 Å². The van der Waals surface area contributed by atoms with Crippen LogP contribution in [-0.4, -0.2) is 29.0 Å². The van der Waals surface area contributed by atoms with Crippen LogP contribution in [0.1, 0.15) is 63.6 Å². The van der Waals surface area contributed by atoms with E-state index in [4.69, 9.17) is 4.98 Å². The van der Waals surface area contributed by atoms with Gasteiger partial charge in [0.2, 0.25) is 0 Å². The largest absolute Gasteiger partial charge is 0.308 e. The van der Waals surface area contributed by atoms with Gasteiger partial charge in [0.1, 0.15) is 5.01 Å². The van der Waals surface area contributed by atoms with E-state index in [9.17, 15) is 0 Å². The number of likely N-dealkylation sites (tertiary alicyclic amines) is 1. The quantitative estimate of drug-likeness (QED) is 0.824. The highest BCUT2D eigenvalue weighted by molar-refractivity contribution is 7.09. The zero-order valence-electron chi connectivity index (χ0n) is 13.9. The second-order valence-electron chi connectivity index (χ2n) is 6.63. The number of hydrogen-bond donors (Lipinski definition) is 1. The molecule has 0 aliphatic carbocycles. The second-order valence-corrected chi connectivity index (χ2v) is 7.57. The van der Waals surface area contributed by atoms with Gasteiger partial charge in [0.05, 0.1) is 5.69 Å². The summed E-state index contributed by atoms with van der Waals surface area (Å²) in [6, 6.07) is 0.526. The van der Waals surface area contributed by atoms with E-state index in [2.05, 4.69) is 36.4 Å². The van der Waals surface area contributed by atoms with Gasteiger partial charge in [-0.05, 0) is 38.3 Å². The summed E-state index contributed by atoms with van der Waals surface area (Å²) in [5.74, 6) is 0.959. The molecule has 4 heteroatoms. The molecule has 1 aromatic heterocycles. The minimum atomic E-state index is 0.526. The SMILES string of the molecule is CCCC1CCCN(Cc2csc(CNC(C)C)n2)CC1. The summed E-state index contributed by atoms with van der Waals surface area (Å²) in [6.45, 7) is 11.1. The Hall–Kier alpha value is -0.450. The van der Waals surface area contributed by atoms with E-state index >= 15 is 0 Å². The minimum absolute atomic E-state index is 0.526. The van der Waals surface area contributed by atoms with Crippen LogP contribution < -0.4 is 5.32 Å². The summed E-state index contributed by atoms with van der Waals surface area (Å²) in [4.78, 5) is 7.38. The average molecular weight is 310 g/mol. The van der Waals surface area contributed by atoms with Crippen LogP contribution in [0.5, 0.6) is 0 Å². The fraction of sp³-hybridized carbons (Fsp3) is 0.824. The summed E-state index contributed by atoms with van der Waals surface area (Å²) < 4.78 is 0. The molecule has 2 heterocycles. The van der Waals surface area contributed by atoms with Crippen molar-refractivity contribution in [1.82, 2.24) is 15.2 Å². The van der Waals surface area contributed by atoms with Crippen molar-refractivity contribution >= 4 is 11.3 Å². The number of rotatable bonds is 7. The van der Waals surface area contributed by atoms with Gasteiger partial charge in [0.15, 0.2) is 0 Å². The number of thiazole rings is 1. The highest BCUT2D eigenvalue weighted by Gasteiger charge is 2.17. The van der Waals surface area contributed by atoms with Crippen molar-refractivity contribution in [2.75, 3.05) is 13.1 Å². The molecule has 2 rings (SSSR count). The van der Waals surface area contributed by atoms with E-state index in [0.717, 1.165) is 19.0 Å². The number of nitrogens with zero attached hydrogens (tertiary/aromatic N) is 2. The van der Waals surface area contributed by atoms with Gasteiger partial charge in [-0.1, -0.05) is 33.6 Å². The smallest absolute Gasteiger partial charge is 0.107 e. The van der Waals surface area contributed by atoms with Crippen LogP contribution >= 0.6 is 11.3 Å². The van der Waals surface area contributed by atoms with Crippen LogP contribution in [0.4, 0.5) is 0 Å². The van der Waals surface area contributed by atoms with Gasteiger partial charge in [-0.25, -0.2) is 4.98 Å². The van der Waals surface area contributed by atoms with Crippen LogP contribution in [-0.2, 0) is 13.1 Å². The maximum atomic E-state index is 4.78. The van der Waals surface area contributed by atoms with Crippen LogP contribution in [0.3, 0.4) is 0 Å². The number of hydrogen-bond acceptors (Lipinski definition) is 4. The maximum Gasteiger partial charge on any atom is 0.107 e. The van der Waals surface area contributed by atoms with Gasteiger partial charge in [-0.3, -0.25) is 4.90 Å². The van der Waals surface area contributed by atoms with Gasteiger partial charge >= 0.3 is 0 Å². The lowest BCUT2D eigenvalue weighted by atomic mass is 9.96. The molecule has 0 saturated carbocycles. The fourth-order valence-corrected chi connectivity index (χ4v) is 3.84. The zero-order chi connectivity index (χ0) is 15.1. The predicted octanol–water partition coefficient (Wildman–Crippen LogP) is 4.04. The molecule has 1 N–H and O–H groups in total. The normalized spacial score (nSPS) is 20.9. The highest BCUT2D eigenvalue weighted by Crippen LogP contribution is 2.23. The molecule has 1 fully saturated rings. The Morgan fingerprint density at radius 1 is 1.38 bits per heavy atom. The van der Waals surface area contributed by atoms with Crippen molar-refractivity contribution in [3.8, 4) is 0 Å². The fourth-order valence-electron chi connectivity index (χ4n) is 3.10. The first-order valence-electron chi connectivity index (χ1n) is 8.56. The standard InChI is InChI=1S/C17H31N3S/c1-4-6-15-7-5-9-20(10-8-15)12-16-13-21-17(19-16)11-18-14(2)3/h13-15,18H,4-12H2,1-3H3. The molecule has 0 radical (unpaired) electrons. The Morgan fingerprint density at radius 3 is 3.00 bits per heavy atom. The predicted molar refractivity (Wildman–Crippen MR) is 91.6 cm³/mol. The number of nitrogens with one attached hydrogen (secondary N) is 1. The number of aromatic nitrogens is 1. The zero-order valence-corrected chi connectivity index (χ0v) is 14.7. The summed E-state index contributed by atoms with van der Waals surface area (Å²) in [7, 11) is 0. The van der Waals surface area contributed by atoms with Crippen molar-refractivity contribution in [3.63, 3.8) is 0 Å².